The SMILES string of the molecule is C=CCCN(CC[C@H](CC(=O)OC(C)(C)C)C(=O)N1C[C@H](O)C[C@H]1C(=O)N[C@]1(C(=O)OCC)C[C@H]1C=C)S(=O)(=O)c1ccccc1[N+](=O)[O-]. The third-order valence-corrected chi connectivity index (χ3v) is 10.3. The number of benzene rings is 1. The lowest BCUT2D eigenvalue weighted by atomic mass is 9.98. The predicted molar refractivity (Wildman–Crippen MR) is 177 cm³/mol. The number of nitro benzene ring substituents is 1. The summed E-state index contributed by atoms with van der Waals surface area (Å²) in [6.07, 6.45) is 1.46. The van der Waals surface area contributed by atoms with Crippen molar-refractivity contribution >= 4 is 39.5 Å². The molecule has 2 aliphatic rings. The highest BCUT2D eigenvalue weighted by Gasteiger charge is 2.62. The van der Waals surface area contributed by atoms with Gasteiger partial charge in [-0.3, -0.25) is 24.5 Å². The number of sulfonamides is 1. The molecule has 15 nitrogen and oxygen atoms in total. The normalized spacial score (nSPS) is 22.6. The van der Waals surface area contributed by atoms with E-state index in [1.165, 1.54) is 24.3 Å². The number of hydrogen-bond donors (Lipinski definition) is 2. The zero-order valence-electron chi connectivity index (χ0n) is 28.3. The van der Waals surface area contributed by atoms with Crippen LogP contribution in [0.15, 0.2) is 54.5 Å². The lowest BCUT2D eigenvalue weighted by Gasteiger charge is -2.30. The first-order valence-corrected chi connectivity index (χ1v) is 17.5. The van der Waals surface area contributed by atoms with E-state index < -0.39 is 90.8 Å². The van der Waals surface area contributed by atoms with E-state index in [1.807, 2.05) is 0 Å². The molecule has 270 valence electrons. The molecule has 0 bridgehead atoms. The monoisotopic (exact) mass is 706 g/mol. The van der Waals surface area contributed by atoms with Crippen LogP contribution >= 0.6 is 0 Å². The van der Waals surface area contributed by atoms with Gasteiger partial charge in [0, 0.05) is 44.0 Å². The minimum absolute atomic E-state index is 0.0799. The van der Waals surface area contributed by atoms with Crippen LogP contribution in [0.25, 0.3) is 0 Å². The number of carbonyl (C=O) groups excluding carboxylic acids is 4. The number of nitrogens with zero attached hydrogens (tertiary/aromatic N) is 3. The van der Waals surface area contributed by atoms with Crippen LogP contribution < -0.4 is 5.32 Å². The number of aliphatic hydroxyl groups is 1. The van der Waals surface area contributed by atoms with Crippen LogP contribution in [0.2, 0.25) is 0 Å². The van der Waals surface area contributed by atoms with Crippen LogP contribution in [-0.4, -0.2) is 101 Å². The maximum Gasteiger partial charge on any atom is 0.332 e. The van der Waals surface area contributed by atoms with Gasteiger partial charge in [0.1, 0.15) is 17.2 Å². The van der Waals surface area contributed by atoms with Gasteiger partial charge in [0.15, 0.2) is 4.90 Å². The van der Waals surface area contributed by atoms with Gasteiger partial charge >= 0.3 is 11.9 Å². The summed E-state index contributed by atoms with van der Waals surface area (Å²) in [5.41, 5.74) is -2.88. The van der Waals surface area contributed by atoms with E-state index in [0.29, 0.717) is 0 Å². The Labute approximate surface area is 286 Å². The summed E-state index contributed by atoms with van der Waals surface area (Å²) in [7, 11) is -4.47. The third-order valence-electron chi connectivity index (χ3n) is 8.32. The molecule has 0 aromatic heterocycles. The van der Waals surface area contributed by atoms with E-state index >= 15 is 0 Å². The number of rotatable bonds is 17. The molecule has 0 spiro atoms. The first kappa shape index (κ1) is 39.3. The van der Waals surface area contributed by atoms with Crippen molar-refractivity contribution in [3.8, 4) is 0 Å². The first-order chi connectivity index (χ1) is 22.9. The number of likely N-dealkylation sites (tertiary alicyclic amines) is 1. The Morgan fingerprint density at radius 1 is 1.22 bits per heavy atom. The van der Waals surface area contributed by atoms with Gasteiger partial charge < -0.3 is 24.8 Å². The second-order valence-electron chi connectivity index (χ2n) is 13.1. The maximum atomic E-state index is 14.2. The molecule has 49 heavy (non-hydrogen) atoms. The minimum atomic E-state index is -4.47. The van der Waals surface area contributed by atoms with Crippen molar-refractivity contribution in [3.63, 3.8) is 0 Å². The number of carbonyl (C=O) groups is 4. The van der Waals surface area contributed by atoms with E-state index in [2.05, 4.69) is 18.5 Å². The number of para-hydroxylation sites is 1. The van der Waals surface area contributed by atoms with Crippen molar-refractivity contribution in [2.45, 2.75) is 88.0 Å². The fourth-order valence-electron chi connectivity index (χ4n) is 5.86. The van der Waals surface area contributed by atoms with E-state index in [1.54, 1.807) is 27.7 Å². The molecule has 1 saturated carbocycles. The Bertz CT molecular complexity index is 1560. The molecular formula is C33H46N4O11S. The quantitative estimate of drug-likeness (QED) is 0.104. The third kappa shape index (κ3) is 9.51. The van der Waals surface area contributed by atoms with Crippen LogP contribution in [0.3, 0.4) is 0 Å². The topological polar surface area (TPSA) is 203 Å². The Morgan fingerprint density at radius 3 is 2.47 bits per heavy atom. The molecule has 2 fully saturated rings. The van der Waals surface area contributed by atoms with Crippen molar-refractivity contribution in [1.29, 1.82) is 0 Å². The molecule has 1 aromatic rings. The molecule has 3 rings (SSSR count). The molecule has 1 aromatic carbocycles. The van der Waals surface area contributed by atoms with Gasteiger partial charge in [-0.15, -0.1) is 13.2 Å². The van der Waals surface area contributed by atoms with Crippen molar-refractivity contribution in [2.24, 2.45) is 11.8 Å². The van der Waals surface area contributed by atoms with Crippen LogP contribution in [-0.2, 0) is 38.7 Å². The summed E-state index contributed by atoms with van der Waals surface area (Å²) in [5.74, 6) is -4.43. The van der Waals surface area contributed by atoms with E-state index in [-0.39, 0.29) is 51.9 Å². The number of ether oxygens (including phenoxy) is 2. The molecule has 2 N–H and O–H groups in total. The van der Waals surface area contributed by atoms with Crippen LogP contribution in [0.5, 0.6) is 0 Å². The molecule has 1 saturated heterocycles. The summed E-state index contributed by atoms with van der Waals surface area (Å²) in [6, 6.07) is 3.67. The lowest BCUT2D eigenvalue weighted by molar-refractivity contribution is -0.387. The number of aliphatic hydroxyl groups excluding tert-OH is 1. The second-order valence-corrected chi connectivity index (χ2v) is 15.0. The number of β-amino-alcohol motifs (C(OH)–C–C–N with tert-alkyl or cyclic N) is 1. The summed E-state index contributed by atoms with van der Waals surface area (Å²) in [4.78, 5) is 65.1. The van der Waals surface area contributed by atoms with Crippen molar-refractivity contribution in [2.75, 3.05) is 26.2 Å². The van der Waals surface area contributed by atoms with Crippen molar-refractivity contribution in [3.05, 3.63) is 59.7 Å². The van der Waals surface area contributed by atoms with E-state index in [4.69, 9.17) is 9.47 Å². The van der Waals surface area contributed by atoms with Crippen molar-refractivity contribution < 1.29 is 47.1 Å². The van der Waals surface area contributed by atoms with Crippen LogP contribution in [0, 0.1) is 22.0 Å². The van der Waals surface area contributed by atoms with E-state index in [0.717, 1.165) is 21.3 Å². The van der Waals surface area contributed by atoms with E-state index in [9.17, 15) is 42.8 Å². The molecule has 1 heterocycles. The Morgan fingerprint density at radius 2 is 1.90 bits per heavy atom. The Hall–Kier alpha value is -4.15. The Kier molecular flexibility index (Phi) is 12.9. The molecule has 0 unspecified atom stereocenters. The summed E-state index contributed by atoms with van der Waals surface area (Å²) in [5, 5.41) is 25.0. The largest absolute Gasteiger partial charge is 0.464 e. The van der Waals surface area contributed by atoms with Gasteiger partial charge in [-0.05, 0) is 53.0 Å². The van der Waals surface area contributed by atoms with Gasteiger partial charge in [-0.2, -0.15) is 4.31 Å². The Balaban J connectivity index is 1.93. The van der Waals surface area contributed by atoms with Crippen LogP contribution in [0.4, 0.5) is 5.69 Å². The summed E-state index contributed by atoms with van der Waals surface area (Å²) < 4.78 is 39.1. The number of hydrogen-bond acceptors (Lipinski definition) is 11. The fourth-order valence-corrected chi connectivity index (χ4v) is 7.48. The minimum Gasteiger partial charge on any atom is -0.464 e. The predicted octanol–water partition coefficient (Wildman–Crippen LogP) is 2.49. The molecule has 0 radical (unpaired) electrons. The average molecular weight is 707 g/mol. The van der Waals surface area contributed by atoms with Gasteiger partial charge in [-0.1, -0.05) is 24.3 Å². The highest BCUT2D eigenvalue weighted by molar-refractivity contribution is 7.89. The zero-order chi connectivity index (χ0) is 36.7. The molecule has 2 amide bonds. The number of nitro groups is 1. The zero-order valence-corrected chi connectivity index (χ0v) is 29.1. The van der Waals surface area contributed by atoms with Gasteiger partial charge in [0.05, 0.1) is 24.1 Å². The summed E-state index contributed by atoms with van der Waals surface area (Å²) in [6.45, 7) is 13.3. The van der Waals surface area contributed by atoms with Gasteiger partial charge in [0.2, 0.25) is 21.8 Å². The van der Waals surface area contributed by atoms with Crippen molar-refractivity contribution in [1.82, 2.24) is 14.5 Å². The highest BCUT2D eigenvalue weighted by atomic mass is 32.2. The van der Waals surface area contributed by atoms with Crippen LogP contribution in [0.1, 0.15) is 59.8 Å². The fraction of sp³-hybridized carbons (Fsp3) is 0.576. The van der Waals surface area contributed by atoms with Gasteiger partial charge in [-0.25, -0.2) is 13.2 Å². The van der Waals surface area contributed by atoms with Gasteiger partial charge in [0.25, 0.3) is 5.69 Å². The molecule has 1 aliphatic heterocycles. The summed E-state index contributed by atoms with van der Waals surface area (Å²) >= 11 is 0. The molecule has 16 heteroatoms. The number of amides is 2. The number of nitrogens with one attached hydrogen (secondary N) is 1. The first-order valence-electron chi connectivity index (χ1n) is 16.1. The molecular weight excluding hydrogens is 660 g/mol. The molecule has 1 aliphatic carbocycles. The smallest absolute Gasteiger partial charge is 0.332 e. The lowest BCUT2D eigenvalue weighted by Crippen LogP contribution is -2.54. The molecule has 5 atom stereocenters. The second kappa shape index (κ2) is 16.0. The average Bonchev–Trinajstić information content (AvgIpc) is 3.60. The highest BCUT2D eigenvalue weighted by Crippen LogP contribution is 2.45. The maximum absolute atomic E-state index is 14.2. The standard InChI is InChI=1S/C33H46N4O11S/c1-7-10-16-35(49(45,46)27-14-12-11-13-25(27)37(43)44)17-15-22(18-28(39)48-32(4,5)6)30(41)36-21-24(38)19-26(36)29(40)34-33(20-23(33)8-2)31(42)47-9-3/h7-8,11-14,22-24,26,38H,1-2,9-10,15-21H2,3-6H3,(H,34,40)/t22-,23-,24-,26+,33-/m1/s1. The number of esters is 2.